The Morgan fingerprint density at radius 3 is 2.56 bits per heavy atom. The number of benzene rings is 1. The Kier molecular flexibility index (Phi) is 6.17. The summed E-state index contributed by atoms with van der Waals surface area (Å²) in [6.07, 6.45) is 1.04. The number of thioether (sulfide) groups is 1. The molecule has 88 valence electrons. The van der Waals surface area contributed by atoms with Gasteiger partial charge in [0.1, 0.15) is 0 Å². The van der Waals surface area contributed by atoms with Crippen molar-refractivity contribution in [2.75, 3.05) is 12.8 Å². The highest BCUT2D eigenvalue weighted by atomic mass is 79.9. The predicted octanol–water partition coefficient (Wildman–Crippen LogP) is 4.10. The van der Waals surface area contributed by atoms with Crippen LogP contribution in [0.1, 0.15) is 13.3 Å². The van der Waals surface area contributed by atoms with Gasteiger partial charge in [-0.1, -0.05) is 21.5 Å². The Hall–Kier alpha value is -0.250. The second-order valence-electron chi connectivity index (χ2n) is 3.91. The molecule has 1 nitrogen and oxygen atoms in total. The average molecular weight is 300 g/mol. The molecule has 1 N–H and O–H groups in total. The van der Waals surface area contributed by atoms with E-state index in [2.05, 4.69) is 59.0 Å². The largest absolute Gasteiger partial charge is 0.316 e. The highest BCUT2D eigenvalue weighted by molar-refractivity contribution is 9.10. The summed E-state index contributed by atoms with van der Waals surface area (Å²) in [5.41, 5.74) is 1.23. The molecule has 1 atom stereocenters. The molecule has 0 aromatic heterocycles. The zero-order chi connectivity index (χ0) is 12.0. The van der Waals surface area contributed by atoms with E-state index in [0.29, 0.717) is 6.04 Å². The van der Waals surface area contributed by atoms with Crippen molar-refractivity contribution >= 4 is 27.7 Å². The molecule has 0 aliphatic carbocycles. The van der Waals surface area contributed by atoms with Gasteiger partial charge in [0.2, 0.25) is 0 Å². The molecule has 0 saturated carbocycles. The molecular formula is C13H18BrNS. The quantitative estimate of drug-likeness (QED) is 0.627. The van der Waals surface area contributed by atoms with Gasteiger partial charge in [-0.25, -0.2) is 0 Å². The molecule has 3 heteroatoms. The Morgan fingerprint density at radius 1 is 1.44 bits per heavy atom. The fourth-order valence-corrected chi connectivity index (χ4v) is 2.66. The van der Waals surface area contributed by atoms with Crippen LogP contribution in [0.4, 0.5) is 0 Å². The van der Waals surface area contributed by atoms with Crippen molar-refractivity contribution in [1.29, 1.82) is 0 Å². The molecule has 0 fully saturated rings. The molecule has 1 aromatic carbocycles. The van der Waals surface area contributed by atoms with E-state index in [-0.39, 0.29) is 0 Å². The van der Waals surface area contributed by atoms with E-state index < -0.39 is 0 Å². The van der Waals surface area contributed by atoms with Crippen LogP contribution in [-0.2, 0) is 0 Å². The van der Waals surface area contributed by atoms with Gasteiger partial charge in [-0.2, -0.15) is 0 Å². The summed E-state index contributed by atoms with van der Waals surface area (Å²) in [5, 5.41) is 3.32. The molecule has 0 amide bonds. The minimum absolute atomic E-state index is 0.506. The van der Waals surface area contributed by atoms with Crippen LogP contribution < -0.4 is 5.32 Å². The summed E-state index contributed by atoms with van der Waals surface area (Å²) in [5.74, 6) is 1.07. The number of halogens is 1. The number of rotatable bonds is 6. The Labute approximate surface area is 111 Å². The molecule has 0 heterocycles. The molecule has 1 aromatic rings. The van der Waals surface area contributed by atoms with E-state index >= 15 is 0 Å². The molecule has 1 unspecified atom stereocenters. The summed E-state index contributed by atoms with van der Waals surface area (Å²) >= 11 is 5.32. The van der Waals surface area contributed by atoms with E-state index in [1.807, 2.05) is 18.8 Å². The first kappa shape index (κ1) is 13.8. The lowest BCUT2D eigenvalue weighted by Crippen LogP contribution is -2.27. The lowest BCUT2D eigenvalue weighted by Gasteiger charge is -2.15. The zero-order valence-electron chi connectivity index (χ0n) is 9.79. The number of nitrogens with one attached hydrogen (secondary N) is 1. The van der Waals surface area contributed by atoms with E-state index in [9.17, 15) is 0 Å². The van der Waals surface area contributed by atoms with Gasteiger partial charge in [0.25, 0.3) is 0 Å². The van der Waals surface area contributed by atoms with E-state index in [0.717, 1.165) is 16.6 Å². The van der Waals surface area contributed by atoms with Crippen LogP contribution in [0.15, 0.2) is 45.8 Å². The Morgan fingerprint density at radius 2 is 2.06 bits per heavy atom. The summed E-state index contributed by atoms with van der Waals surface area (Å²) < 4.78 is 1.13. The minimum atomic E-state index is 0.506. The van der Waals surface area contributed by atoms with Crippen molar-refractivity contribution in [1.82, 2.24) is 5.32 Å². The SMILES string of the molecule is C=C(C)CC(CSc1ccc(Br)cc1)NC. The first-order valence-electron chi connectivity index (χ1n) is 5.32. The third-order valence-corrected chi connectivity index (χ3v) is 3.97. The fourth-order valence-electron chi connectivity index (χ4n) is 1.39. The smallest absolute Gasteiger partial charge is 0.0195 e. The van der Waals surface area contributed by atoms with E-state index in [1.54, 1.807) is 0 Å². The van der Waals surface area contributed by atoms with Crippen LogP contribution in [0.5, 0.6) is 0 Å². The lowest BCUT2D eigenvalue weighted by atomic mass is 10.1. The molecule has 0 aliphatic heterocycles. The van der Waals surface area contributed by atoms with Crippen molar-refractivity contribution in [2.45, 2.75) is 24.3 Å². The predicted molar refractivity (Wildman–Crippen MR) is 77.1 cm³/mol. The molecule has 0 spiro atoms. The molecule has 0 bridgehead atoms. The highest BCUT2D eigenvalue weighted by Crippen LogP contribution is 2.22. The molecule has 1 rings (SSSR count). The van der Waals surface area contributed by atoms with Crippen LogP contribution in [0.25, 0.3) is 0 Å². The van der Waals surface area contributed by atoms with Gasteiger partial charge in [0, 0.05) is 21.2 Å². The zero-order valence-corrected chi connectivity index (χ0v) is 12.2. The number of hydrogen-bond acceptors (Lipinski definition) is 2. The number of hydrogen-bond donors (Lipinski definition) is 1. The van der Waals surface area contributed by atoms with Gasteiger partial charge in [0.05, 0.1) is 0 Å². The van der Waals surface area contributed by atoms with Crippen LogP contribution >= 0.6 is 27.7 Å². The third kappa shape index (κ3) is 5.19. The van der Waals surface area contributed by atoms with Crippen LogP contribution in [-0.4, -0.2) is 18.8 Å². The molecule has 0 aliphatic rings. The Balaban J connectivity index is 2.43. The third-order valence-electron chi connectivity index (χ3n) is 2.27. The standard InChI is InChI=1S/C13H18BrNS/c1-10(2)8-12(15-3)9-16-13-6-4-11(14)5-7-13/h4-7,12,15H,1,8-9H2,2-3H3. The van der Waals surface area contributed by atoms with E-state index in [4.69, 9.17) is 0 Å². The highest BCUT2D eigenvalue weighted by Gasteiger charge is 2.06. The van der Waals surface area contributed by atoms with Gasteiger partial charge in [0.15, 0.2) is 0 Å². The first-order chi connectivity index (χ1) is 7.61. The molecule has 0 radical (unpaired) electrons. The van der Waals surface area contributed by atoms with Gasteiger partial charge >= 0.3 is 0 Å². The van der Waals surface area contributed by atoms with Crippen molar-refractivity contribution in [2.24, 2.45) is 0 Å². The van der Waals surface area contributed by atoms with Crippen molar-refractivity contribution in [3.8, 4) is 0 Å². The second kappa shape index (κ2) is 7.15. The van der Waals surface area contributed by atoms with Crippen molar-refractivity contribution < 1.29 is 0 Å². The normalized spacial score (nSPS) is 12.4. The Bertz CT molecular complexity index is 334. The van der Waals surface area contributed by atoms with Crippen molar-refractivity contribution in [3.05, 3.63) is 40.9 Å². The summed E-state index contributed by atoms with van der Waals surface area (Å²) in [4.78, 5) is 1.31. The molecular weight excluding hydrogens is 282 g/mol. The summed E-state index contributed by atoms with van der Waals surface area (Å²) in [7, 11) is 2.01. The second-order valence-corrected chi connectivity index (χ2v) is 5.92. The molecule has 0 saturated heterocycles. The maximum atomic E-state index is 3.95. The maximum absolute atomic E-state index is 3.95. The minimum Gasteiger partial charge on any atom is -0.316 e. The summed E-state index contributed by atoms with van der Waals surface area (Å²) in [6.45, 7) is 6.03. The first-order valence-corrected chi connectivity index (χ1v) is 7.09. The van der Waals surface area contributed by atoms with Gasteiger partial charge in [-0.15, -0.1) is 18.3 Å². The van der Waals surface area contributed by atoms with Gasteiger partial charge < -0.3 is 5.32 Å². The fraction of sp³-hybridized carbons (Fsp3) is 0.385. The molecule has 16 heavy (non-hydrogen) atoms. The lowest BCUT2D eigenvalue weighted by molar-refractivity contribution is 0.615. The van der Waals surface area contributed by atoms with Gasteiger partial charge in [-0.3, -0.25) is 0 Å². The van der Waals surface area contributed by atoms with Crippen molar-refractivity contribution in [3.63, 3.8) is 0 Å². The van der Waals surface area contributed by atoms with Crippen LogP contribution in [0.2, 0.25) is 0 Å². The monoisotopic (exact) mass is 299 g/mol. The van der Waals surface area contributed by atoms with Crippen LogP contribution in [0.3, 0.4) is 0 Å². The van der Waals surface area contributed by atoms with Crippen LogP contribution in [0, 0.1) is 0 Å². The van der Waals surface area contributed by atoms with Gasteiger partial charge in [-0.05, 0) is 44.7 Å². The maximum Gasteiger partial charge on any atom is 0.0195 e. The topological polar surface area (TPSA) is 12.0 Å². The average Bonchev–Trinajstić information content (AvgIpc) is 2.26. The van der Waals surface area contributed by atoms with E-state index in [1.165, 1.54) is 10.5 Å². The summed E-state index contributed by atoms with van der Waals surface area (Å²) in [6, 6.07) is 8.95.